The summed E-state index contributed by atoms with van der Waals surface area (Å²) >= 11 is 0. The quantitative estimate of drug-likeness (QED) is 0.634. The van der Waals surface area contributed by atoms with Gasteiger partial charge in [-0.05, 0) is 65.3 Å². The number of anilines is 1. The molecule has 1 aromatic rings. The third-order valence-electron chi connectivity index (χ3n) is 6.59. The number of halogens is 3. The molecule has 0 unspecified atom stereocenters. The van der Waals surface area contributed by atoms with Gasteiger partial charge in [0.1, 0.15) is 5.60 Å². The number of nitrogens with zero attached hydrogens (tertiary/aromatic N) is 3. The second kappa shape index (κ2) is 9.70. The Hall–Kier alpha value is -2.00. The molecule has 1 aromatic carbocycles. The van der Waals surface area contributed by atoms with Crippen molar-refractivity contribution >= 4 is 11.8 Å². The number of ether oxygens (including phenoxy) is 2. The predicted octanol–water partition coefficient (Wildman–Crippen LogP) is 4.76. The lowest BCUT2D eigenvalue weighted by molar-refractivity contribution is -0.137. The van der Waals surface area contributed by atoms with E-state index in [1.807, 2.05) is 32.7 Å². The van der Waals surface area contributed by atoms with Gasteiger partial charge in [-0.2, -0.15) is 13.2 Å². The van der Waals surface area contributed by atoms with Gasteiger partial charge in [-0.25, -0.2) is 4.79 Å². The number of rotatable bonds is 4. The summed E-state index contributed by atoms with van der Waals surface area (Å²) in [6, 6.07) is 4.03. The number of alkyl halides is 3. The van der Waals surface area contributed by atoms with Crippen molar-refractivity contribution in [2.24, 2.45) is 0 Å². The van der Waals surface area contributed by atoms with Crippen LogP contribution in [0.1, 0.15) is 51.7 Å². The molecule has 0 atom stereocenters. The van der Waals surface area contributed by atoms with Crippen LogP contribution in [0, 0.1) is 0 Å². The Morgan fingerprint density at radius 3 is 2.27 bits per heavy atom. The molecule has 0 spiro atoms. The molecule has 0 bridgehead atoms. The average Bonchev–Trinajstić information content (AvgIpc) is 2.73. The minimum atomic E-state index is -4.38. The highest BCUT2D eigenvalue weighted by atomic mass is 19.4. The van der Waals surface area contributed by atoms with Gasteiger partial charge in [-0.15, -0.1) is 0 Å². The fraction of sp³-hybridized carbons (Fsp3) is 0.708. The lowest BCUT2D eigenvalue weighted by Crippen LogP contribution is -2.53. The van der Waals surface area contributed by atoms with Gasteiger partial charge in [0.15, 0.2) is 0 Å². The van der Waals surface area contributed by atoms with Crippen LogP contribution in [0.4, 0.5) is 23.7 Å². The second-order valence-corrected chi connectivity index (χ2v) is 10.3. The number of hydrogen-bond acceptors (Lipinski definition) is 5. The number of piperidine rings is 1. The first-order valence-electron chi connectivity index (χ1n) is 11.5. The van der Waals surface area contributed by atoms with E-state index in [-0.39, 0.29) is 11.6 Å². The van der Waals surface area contributed by atoms with Crippen LogP contribution in [0.5, 0.6) is 0 Å². The van der Waals surface area contributed by atoms with Crippen LogP contribution in [-0.4, -0.2) is 73.5 Å². The van der Waals surface area contributed by atoms with Crippen LogP contribution in [0.2, 0.25) is 0 Å². The van der Waals surface area contributed by atoms with Gasteiger partial charge >= 0.3 is 12.3 Å². The Morgan fingerprint density at radius 1 is 1.12 bits per heavy atom. The molecule has 186 valence electrons. The molecular formula is C24H36F3N3O3. The normalized spacial score (nSPS) is 19.7. The summed E-state index contributed by atoms with van der Waals surface area (Å²) in [5.74, 6) is 0. The summed E-state index contributed by atoms with van der Waals surface area (Å²) in [7, 11) is 2.00. The molecule has 2 saturated heterocycles. The van der Waals surface area contributed by atoms with Gasteiger partial charge in [0.25, 0.3) is 0 Å². The number of amides is 1. The van der Waals surface area contributed by atoms with Crippen molar-refractivity contribution in [1.82, 2.24) is 9.80 Å². The number of benzene rings is 1. The van der Waals surface area contributed by atoms with Crippen molar-refractivity contribution in [1.29, 1.82) is 0 Å². The van der Waals surface area contributed by atoms with Crippen molar-refractivity contribution in [3.8, 4) is 0 Å². The molecule has 0 N–H and O–H groups in total. The first-order chi connectivity index (χ1) is 15.3. The number of carbonyl (C=O) groups is 1. The van der Waals surface area contributed by atoms with Gasteiger partial charge in [-0.1, -0.05) is 6.07 Å². The zero-order chi connectivity index (χ0) is 24.4. The second-order valence-electron chi connectivity index (χ2n) is 10.3. The molecule has 2 fully saturated rings. The van der Waals surface area contributed by atoms with Crippen LogP contribution in [0.15, 0.2) is 18.2 Å². The Kier molecular flexibility index (Phi) is 7.53. The fourth-order valence-electron chi connectivity index (χ4n) is 4.30. The van der Waals surface area contributed by atoms with Crippen molar-refractivity contribution < 1.29 is 27.4 Å². The number of carbonyl (C=O) groups excluding carboxylic acids is 1. The minimum Gasteiger partial charge on any atom is -0.444 e. The van der Waals surface area contributed by atoms with E-state index in [4.69, 9.17) is 9.47 Å². The van der Waals surface area contributed by atoms with Crippen LogP contribution < -0.4 is 4.90 Å². The Bertz CT molecular complexity index is 824. The molecule has 0 aliphatic carbocycles. The molecule has 0 aromatic heterocycles. The van der Waals surface area contributed by atoms with E-state index in [2.05, 4.69) is 11.8 Å². The predicted molar refractivity (Wildman–Crippen MR) is 121 cm³/mol. The molecule has 0 radical (unpaired) electrons. The summed E-state index contributed by atoms with van der Waals surface area (Å²) in [6.07, 6.45) is -3.16. The van der Waals surface area contributed by atoms with Crippen LogP contribution in [0.3, 0.4) is 0 Å². The molecule has 1 amide bonds. The zero-order valence-electron chi connectivity index (χ0n) is 20.3. The molecule has 0 saturated carbocycles. The fourth-order valence-corrected chi connectivity index (χ4v) is 4.30. The van der Waals surface area contributed by atoms with Crippen molar-refractivity contribution in [3.05, 3.63) is 29.3 Å². The third-order valence-corrected chi connectivity index (χ3v) is 6.59. The Balaban J connectivity index is 1.72. The highest BCUT2D eigenvalue weighted by molar-refractivity contribution is 5.68. The molecule has 33 heavy (non-hydrogen) atoms. The first kappa shape index (κ1) is 25.6. The van der Waals surface area contributed by atoms with E-state index in [9.17, 15) is 18.0 Å². The lowest BCUT2D eigenvalue weighted by Gasteiger charge is -2.45. The molecule has 2 aliphatic rings. The van der Waals surface area contributed by atoms with Crippen LogP contribution in [-0.2, 0) is 22.2 Å². The molecule has 2 aliphatic heterocycles. The first-order valence-corrected chi connectivity index (χ1v) is 11.5. The van der Waals surface area contributed by atoms with E-state index >= 15 is 0 Å². The summed E-state index contributed by atoms with van der Waals surface area (Å²) in [6.45, 7) is 11.5. The molecule has 6 nitrogen and oxygen atoms in total. The lowest BCUT2D eigenvalue weighted by atomic mass is 9.87. The Labute approximate surface area is 194 Å². The van der Waals surface area contributed by atoms with Gasteiger partial charge in [0.2, 0.25) is 0 Å². The maximum absolute atomic E-state index is 13.4. The molecular weight excluding hydrogens is 435 g/mol. The Morgan fingerprint density at radius 2 is 1.73 bits per heavy atom. The largest absolute Gasteiger partial charge is 0.444 e. The van der Waals surface area contributed by atoms with Gasteiger partial charge < -0.3 is 19.3 Å². The molecule has 9 heteroatoms. The van der Waals surface area contributed by atoms with E-state index in [1.54, 1.807) is 11.0 Å². The monoisotopic (exact) mass is 471 g/mol. The summed E-state index contributed by atoms with van der Waals surface area (Å²) in [5.41, 5.74) is 0.140. The van der Waals surface area contributed by atoms with E-state index in [1.165, 1.54) is 12.1 Å². The van der Waals surface area contributed by atoms with Crippen molar-refractivity contribution in [2.75, 3.05) is 51.3 Å². The van der Waals surface area contributed by atoms with E-state index < -0.39 is 17.3 Å². The standard InChI is InChI=1S/C24H36F3N3O3/c1-22(2,3)33-21(31)30-10-8-23(4,9-11-30)28(5)17-18-6-7-19(24(25,26)27)16-20(18)29-12-14-32-15-13-29/h6-7,16H,8-15,17H2,1-5H3. The molecule has 3 rings (SSSR count). The van der Waals surface area contributed by atoms with Gasteiger partial charge in [0.05, 0.1) is 18.8 Å². The summed E-state index contributed by atoms with van der Waals surface area (Å²) in [5, 5.41) is 0. The zero-order valence-corrected chi connectivity index (χ0v) is 20.3. The van der Waals surface area contributed by atoms with Crippen LogP contribution >= 0.6 is 0 Å². The number of hydrogen-bond donors (Lipinski definition) is 0. The van der Waals surface area contributed by atoms with Crippen LogP contribution in [0.25, 0.3) is 0 Å². The van der Waals surface area contributed by atoms with Crippen molar-refractivity contribution in [2.45, 2.75) is 64.4 Å². The maximum Gasteiger partial charge on any atom is 0.416 e. The summed E-state index contributed by atoms with van der Waals surface area (Å²) in [4.78, 5) is 18.3. The minimum absolute atomic E-state index is 0.177. The summed E-state index contributed by atoms with van der Waals surface area (Å²) < 4.78 is 51.1. The third kappa shape index (κ3) is 6.53. The highest BCUT2D eigenvalue weighted by Gasteiger charge is 2.37. The smallest absolute Gasteiger partial charge is 0.416 e. The topological polar surface area (TPSA) is 45.2 Å². The van der Waals surface area contributed by atoms with Gasteiger partial charge in [0, 0.05) is 44.0 Å². The maximum atomic E-state index is 13.4. The van der Waals surface area contributed by atoms with E-state index in [0.717, 1.165) is 18.4 Å². The average molecular weight is 472 g/mol. The number of likely N-dealkylation sites (tertiary alicyclic amines) is 1. The van der Waals surface area contributed by atoms with E-state index in [0.29, 0.717) is 51.6 Å². The van der Waals surface area contributed by atoms with Gasteiger partial charge in [-0.3, -0.25) is 4.90 Å². The van der Waals surface area contributed by atoms with Crippen molar-refractivity contribution in [3.63, 3.8) is 0 Å². The highest BCUT2D eigenvalue weighted by Crippen LogP contribution is 2.36. The SMILES string of the molecule is CN(Cc1ccc(C(F)(F)F)cc1N1CCOCC1)C1(C)CCN(C(=O)OC(C)(C)C)CC1. The molecule has 2 heterocycles. The number of morpholine rings is 1.